The zero-order valence-electron chi connectivity index (χ0n) is 12.1. The fourth-order valence-corrected chi connectivity index (χ4v) is 2.66. The van der Waals surface area contributed by atoms with E-state index in [0.29, 0.717) is 5.69 Å². The number of hydrogen-bond donors (Lipinski definition) is 1. The fraction of sp³-hybridized carbons (Fsp3) is 0.188. The van der Waals surface area contributed by atoms with Crippen molar-refractivity contribution in [1.82, 2.24) is 0 Å². The molecule has 0 bridgehead atoms. The molecule has 1 atom stereocenters. The molecule has 2 aromatic rings. The summed E-state index contributed by atoms with van der Waals surface area (Å²) in [4.78, 5) is 22.4. The molecule has 0 aliphatic rings. The third-order valence-electron chi connectivity index (χ3n) is 3.04. The SMILES string of the molecule is C[C@@H](SCc1ccccc1)C(=O)Nc1cccc([N+](=O)[O-])c1. The first-order chi connectivity index (χ1) is 10.6. The molecule has 0 spiro atoms. The molecule has 114 valence electrons. The van der Waals surface area contributed by atoms with Crippen molar-refractivity contribution in [3.05, 3.63) is 70.3 Å². The van der Waals surface area contributed by atoms with Gasteiger partial charge in [0.25, 0.3) is 5.69 Å². The Labute approximate surface area is 132 Å². The summed E-state index contributed by atoms with van der Waals surface area (Å²) in [6.07, 6.45) is 0. The summed E-state index contributed by atoms with van der Waals surface area (Å²) in [6, 6.07) is 15.8. The molecule has 0 aromatic heterocycles. The lowest BCUT2D eigenvalue weighted by molar-refractivity contribution is -0.384. The first-order valence-corrected chi connectivity index (χ1v) is 7.82. The second kappa shape index (κ2) is 7.61. The lowest BCUT2D eigenvalue weighted by Gasteiger charge is -2.12. The smallest absolute Gasteiger partial charge is 0.271 e. The summed E-state index contributed by atoms with van der Waals surface area (Å²) < 4.78 is 0. The second-order valence-electron chi connectivity index (χ2n) is 4.74. The van der Waals surface area contributed by atoms with Crippen LogP contribution in [0.25, 0.3) is 0 Å². The van der Waals surface area contributed by atoms with Crippen LogP contribution in [-0.2, 0) is 10.5 Å². The summed E-state index contributed by atoms with van der Waals surface area (Å²) in [5, 5.41) is 13.2. The molecular formula is C16H16N2O3S. The molecule has 0 saturated heterocycles. The molecule has 22 heavy (non-hydrogen) atoms. The van der Waals surface area contributed by atoms with E-state index in [9.17, 15) is 14.9 Å². The topological polar surface area (TPSA) is 72.2 Å². The summed E-state index contributed by atoms with van der Waals surface area (Å²) in [5.74, 6) is 0.575. The standard InChI is InChI=1S/C16H16N2O3S/c1-12(22-11-13-6-3-2-4-7-13)16(19)17-14-8-5-9-15(10-14)18(20)21/h2-10,12H,11H2,1H3,(H,17,19)/t12-/m1/s1. The first-order valence-electron chi connectivity index (χ1n) is 6.77. The van der Waals surface area contributed by atoms with Crippen molar-refractivity contribution in [2.24, 2.45) is 0 Å². The van der Waals surface area contributed by atoms with Crippen LogP contribution in [0.1, 0.15) is 12.5 Å². The van der Waals surface area contributed by atoms with Crippen molar-refractivity contribution in [3.8, 4) is 0 Å². The van der Waals surface area contributed by atoms with E-state index < -0.39 is 4.92 Å². The van der Waals surface area contributed by atoms with Crippen LogP contribution in [0.15, 0.2) is 54.6 Å². The molecule has 1 amide bonds. The summed E-state index contributed by atoms with van der Waals surface area (Å²) in [7, 11) is 0. The van der Waals surface area contributed by atoms with Gasteiger partial charge in [-0.05, 0) is 18.6 Å². The number of nitrogens with zero attached hydrogens (tertiary/aromatic N) is 1. The number of thioether (sulfide) groups is 1. The van der Waals surface area contributed by atoms with Crippen LogP contribution in [0.3, 0.4) is 0 Å². The van der Waals surface area contributed by atoms with Crippen LogP contribution in [0, 0.1) is 10.1 Å². The number of anilines is 1. The molecule has 0 radical (unpaired) electrons. The minimum atomic E-state index is -0.483. The average Bonchev–Trinajstić information content (AvgIpc) is 2.53. The highest BCUT2D eigenvalue weighted by Gasteiger charge is 2.15. The van der Waals surface area contributed by atoms with E-state index >= 15 is 0 Å². The van der Waals surface area contributed by atoms with Gasteiger partial charge in [-0.1, -0.05) is 36.4 Å². The Bertz CT molecular complexity index is 661. The lowest BCUT2D eigenvalue weighted by Crippen LogP contribution is -2.22. The number of carbonyl (C=O) groups is 1. The summed E-state index contributed by atoms with van der Waals surface area (Å²) in [5.41, 5.74) is 1.55. The monoisotopic (exact) mass is 316 g/mol. The highest BCUT2D eigenvalue weighted by Crippen LogP contribution is 2.21. The van der Waals surface area contributed by atoms with Gasteiger partial charge in [-0.3, -0.25) is 14.9 Å². The number of amides is 1. The Morgan fingerprint density at radius 3 is 2.64 bits per heavy atom. The predicted molar refractivity (Wildman–Crippen MR) is 88.9 cm³/mol. The molecular weight excluding hydrogens is 300 g/mol. The fourth-order valence-electron chi connectivity index (χ4n) is 1.81. The van der Waals surface area contributed by atoms with Crippen molar-refractivity contribution in [2.75, 3.05) is 5.32 Å². The number of nitrogens with one attached hydrogen (secondary N) is 1. The van der Waals surface area contributed by atoms with Gasteiger partial charge in [0.05, 0.1) is 10.2 Å². The van der Waals surface area contributed by atoms with Crippen LogP contribution in [0.5, 0.6) is 0 Å². The normalized spacial score (nSPS) is 11.7. The largest absolute Gasteiger partial charge is 0.325 e. The molecule has 5 nitrogen and oxygen atoms in total. The van der Waals surface area contributed by atoms with Crippen LogP contribution in [0.2, 0.25) is 0 Å². The Morgan fingerprint density at radius 1 is 1.23 bits per heavy atom. The minimum Gasteiger partial charge on any atom is -0.325 e. The number of hydrogen-bond acceptors (Lipinski definition) is 4. The second-order valence-corrected chi connectivity index (χ2v) is 6.06. The third kappa shape index (κ3) is 4.60. The maximum Gasteiger partial charge on any atom is 0.271 e. The van der Waals surface area contributed by atoms with Gasteiger partial charge in [-0.15, -0.1) is 11.8 Å². The van der Waals surface area contributed by atoms with Crippen LogP contribution in [-0.4, -0.2) is 16.1 Å². The predicted octanol–water partition coefficient (Wildman–Crippen LogP) is 3.86. The number of rotatable bonds is 6. The number of nitro benzene ring substituents is 1. The molecule has 6 heteroatoms. The molecule has 1 N–H and O–H groups in total. The van der Waals surface area contributed by atoms with Crippen molar-refractivity contribution in [3.63, 3.8) is 0 Å². The number of nitro groups is 1. The van der Waals surface area contributed by atoms with Gasteiger partial charge in [0.2, 0.25) is 5.91 Å². The molecule has 0 unspecified atom stereocenters. The van der Waals surface area contributed by atoms with Gasteiger partial charge in [-0.25, -0.2) is 0 Å². The zero-order valence-corrected chi connectivity index (χ0v) is 12.9. The van der Waals surface area contributed by atoms with Gasteiger partial charge in [0.1, 0.15) is 0 Å². The van der Waals surface area contributed by atoms with Gasteiger partial charge in [0, 0.05) is 23.6 Å². The van der Waals surface area contributed by atoms with E-state index in [1.54, 1.807) is 12.1 Å². The molecule has 0 aliphatic heterocycles. The number of non-ortho nitro benzene ring substituents is 1. The van der Waals surface area contributed by atoms with E-state index in [2.05, 4.69) is 5.32 Å². The summed E-state index contributed by atoms with van der Waals surface area (Å²) >= 11 is 1.52. The van der Waals surface area contributed by atoms with Crippen molar-refractivity contribution >= 4 is 29.0 Å². The Kier molecular flexibility index (Phi) is 5.55. The first kappa shape index (κ1) is 16.0. The van der Waals surface area contributed by atoms with Crippen LogP contribution >= 0.6 is 11.8 Å². The van der Waals surface area contributed by atoms with E-state index in [1.807, 2.05) is 37.3 Å². The van der Waals surface area contributed by atoms with E-state index in [4.69, 9.17) is 0 Å². The molecule has 0 aliphatic carbocycles. The van der Waals surface area contributed by atoms with Crippen LogP contribution in [0.4, 0.5) is 11.4 Å². The van der Waals surface area contributed by atoms with Gasteiger partial charge < -0.3 is 5.32 Å². The molecule has 2 rings (SSSR count). The Morgan fingerprint density at radius 2 is 1.95 bits per heavy atom. The quantitative estimate of drug-likeness (QED) is 0.649. The number of benzene rings is 2. The van der Waals surface area contributed by atoms with E-state index in [-0.39, 0.29) is 16.8 Å². The molecule has 0 heterocycles. The van der Waals surface area contributed by atoms with Crippen molar-refractivity contribution in [2.45, 2.75) is 17.9 Å². The van der Waals surface area contributed by atoms with Gasteiger partial charge in [-0.2, -0.15) is 0 Å². The number of carbonyl (C=O) groups excluding carboxylic acids is 1. The van der Waals surface area contributed by atoms with Crippen LogP contribution < -0.4 is 5.32 Å². The van der Waals surface area contributed by atoms with Crippen molar-refractivity contribution in [1.29, 1.82) is 0 Å². The lowest BCUT2D eigenvalue weighted by atomic mass is 10.2. The third-order valence-corrected chi connectivity index (χ3v) is 4.25. The average molecular weight is 316 g/mol. The highest BCUT2D eigenvalue weighted by atomic mass is 32.2. The maximum atomic E-state index is 12.1. The van der Waals surface area contributed by atoms with Gasteiger partial charge >= 0.3 is 0 Å². The minimum absolute atomic E-state index is 0.0395. The van der Waals surface area contributed by atoms with Gasteiger partial charge in [0.15, 0.2) is 0 Å². The Hall–Kier alpha value is -2.34. The maximum absolute atomic E-state index is 12.1. The van der Waals surface area contributed by atoms with E-state index in [1.165, 1.54) is 23.9 Å². The molecule has 2 aromatic carbocycles. The zero-order chi connectivity index (χ0) is 15.9. The molecule has 0 fully saturated rings. The Balaban J connectivity index is 1.91. The van der Waals surface area contributed by atoms with Crippen molar-refractivity contribution < 1.29 is 9.72 Å². The van der Waals surface area contributed by atoms with E-state index in [0.717, 1.165) is 11.3 Å². The summed E-state index contributed by atoms with van der Waals surface area (Å²) in [6.45, 7) is 1.82. The molecule has 0 saturated carbocycles. The highest BCUT2D eigenvalue weighted by molar-refractivity contribution is 7.99.